The zero-order valence-electron chi connectivity index (χ0n) is 16.2. The van der Waals surface area contributed by atoms with E-state index in [1.54, 1.807) is 0 Å². The zero-order valence-corrected chi connectivity index (χ0v) is 17.9. The van der Waals surface area contributed by atoms with E-state index in [4.69, 9.17) is 5.14 Å². The van der Waals surface area contributed by atoms with Gasteiger partial charge in [0.2, 0.25) is 15.9 Å². The Kier molecular flexibility index (Phi) is 6.39. The van der Waals surface area contributed by atoms with E-state index in [-0.39, 0.29) is 21.5 Å². The molecule has 0 heterocycles. The molecule has 2 rings (SSSR count). The summed E-state index contributed by atoms with van der Waals surface area (Å²) in [6.45, 7) is 10.4. The lowest BCUT2D eigenvalue weighted by Gasteiger charge is -2.21. The van der Waals surface area contributed by atoms with Gasteiger partial charge >= 0.3 is 0 Å². The van der Waals surface area contributed by atoms with E-state index in [1.807, 2.05) is 13.8 Å². The molecule has 7 heteroatoms. The number of hydrogen-bond acceptors (Lipinski definition) is 4. The van der Waals surface area contributed by atoms with Gasteiger partial charge in [0, 0.05) is 10.6 Å². The fraction of sp³-hybridized carbons (Fsp3) is 0.350. The van der Waals surface area contributed by atoms with Gasteiger partial charge in [-0.25, -0.2) is 13.6 Å². The number of benzene rings is 2. The van der Waals surface area contributed by atoms with Crippen molar-refractivity contribution in [2.75, 3.05) is 5.32 Å². The fourth-order valence-corrected chi connectivity index (χ4v) is 3.92. The van der Waals surface area contributed by atoms with Crippen molar-refractivity contribution in [2.24, 2.45) is 5.14 Å². The molecule has 0 aliphatic rings. The van der Waals surface area contributed by atoms with Crippen molar-refractivity contribution < 1.29 is 13.2 Å². The Morgan fingerprint density at radius 1 is 1.11 bits per heavy atom. The predicted molar refractivity (Wildman–Crippen MR) is 112 cm³/mol. The Morgan fingerprint density at radius 3 is 2.22 bits per heavy atom. The summed E-state index contributed by atoms with van der Waals surface area (Å²) in [6, 6.07) is 12.2. The molecule has 1 atom stereocenters. The van der Waals surface area contributed by atoms with Gasteiger partial charge in [0.1, 0.15) is 0 Å². The van der Waals surface area contributed by atoms with Gasteiger partial charge in [-0.3, -0.25) is 4.79 Å². The van der Waals surface area contributed by atoms with Crippen LogP contribution in [0.4, 0.5) is 5.69 Å². The summed E-state index contributed by atoms with van der Waals surface area (Å²) in [5.74, 6) is -0.149. The number of nitrogens with one attached hydrogen (secondary N) is 1. The van der Waals surface area contributed by atoms with Gasteiger partial charge in [-0.05, 0) is 60.7 Å². The average molecular weight is 407 g/mol. The Hall–Kier alpha value is -1.83. The zero-order chi connectivity index (χ0) is 20.4. The van der Waals surface area contributed by atoms with Crippen molar-refractivity contribution >= 4 is 33.4 Å². The number of anilines is 1. The molecule has 0 spiro atoms. The lowest BCUT2D eigenvalue weighted by molar-refractivity contribution is -0.115. The first kappa shape index (κ1) is 21.5. The molecule has 0 saturated heterocycles. The summed E-state index contributed by atoms with van der Waals surface area (Å²) >= 11 is 1.51. The number of carbonyl (C=O) groups excluding carboxylic acids is 1. The van der Waals surface area contributed by atoms with Crippen LogP contribution in [0.3, 0.4) is 0 Å². The topological polar surface area (TPSA) is 89.3 Å². The van der Waals surface area contributed by atoms with E-state index in [2.05, 4.69) is 44.3 Å². The van der Waals surface area contributed by atoms with Gasteiger partial charge < -0.3 is 5.32 Å². The van der Waals surface area contributed by atoms with Crippen LogP contribution >= 0.6 is 11.8 Å². The van der Waals surface area contributed by atoms with Crippen molar-refractivity contribution in [1.82, 2.24) is 0 Å². The first-order valence-corrected chi connectivity index (χ1v) is 11.0. The van der Waals surface area contributed by atoms with Crippen LogP contribution in [0, 0.1) is 6.92 Å². The van der Waals surface area contributed by atoms with E-state index in [1.165, 1.54) is 41.6 Å². The minimum absolute atomic E-state index is 0.0116. The molecular formula is C20H26N2O3S2. The molecule has 0 fully saturated rings. The van der Waals surface area contributed by atoms with Crippen LogP contribution < -0.4 is 10.5 Å². The number of rotatable bonds is 5. The second-order valence-corrected chi connectivity index (χ2v) is 10.5. The number of amides is 1. The summed E-state index contributed by atoms with van der Waals surface area (Å²) < 4.78 is 22.6. The molecule has 0 aliphatic heterocycles. The average Bonchev–Trinajstić information content (AvgIpc) is 2.55. The van der Waals surface area contributed by atoms with Crippen molar-refractivity contribution in [1.29, 1.82) is 0 Å². The van der Waals surface area contributed by atoms with Crippen LogP contribution in [0.2, 0.25) is 0 Å². The van der Waals surface area contributed by atoms with E-state index in [0.29, 0.717) is 5.69 Å². The number of primary sulfonamides is 1. The number of sulfonamides is 1. The molecule has 0 saturated carbocycles. The maximum Gasteiger partial charge on any atom is 0.238 e. The molecular weight excluding hydrogens is 380 g/mol. The summed E-state index contributed by atoms with van der Waals surface area (Å²) in [7, 11) is -3.74. The van der Waals surface area contributed by atoms with Crippen LogP contribution in [0.25, 0.3) is 0 Å². The quantitative estimate of drug-likeness (QED) is 0.733. The van der Waals surface area contributed by atoms with Crippen molar-refractivity contribution in [3.63, 3.8) is 0 Å². The molecule has 0 aromatic heterocycles. The van der Waals surface area contributed by atoms with Gasteiger partial charge in [0.25, 0.3) is 0 Å². The molecule has 3 N–H and O–H groups in total. The van der Waals surface area contributed by atoms with Crippen molar-refractivity contribution in [2.45, 2.75) is 55.1 Å². The van der Waals surface area contributed by atoms with Gasteiger partial charge in [-0.2, -0.15) is 0 Å². The Balaban J connectivity index is 2.10. The third-order valence-corrected chi connectivity index (χ3v) is 6.37. The van der Waals surface area contributed by atoms with Crippen LogP contribution in [-0.4, -0.2) is 19.6 Å². The van der Waals surface area contributed by atoms with Crippen molar-refractivity contribution in [3.05, 3.63) is 53.6 Å². The summed E-state index contributed by atoms with van der Waals surface area (Å²) in [4.78, 5) is 13.6. The molecule has 2 aromatic carbocycles. The Morgan fingerprint density at radius 2 is 1.70 bits per heavy atom. The number of hydrogen-bond donors (Lipinski definition) is 2. The first-order chi connectivity index (χ1) is 12.4. The standard InChI is InChI=1S/C20H26N2O3S2/c1-13-6-7-15(20(3,4)5)12-18(13)26-14(2)19(23)22-16-8-10-17(11-9-16)27(21,24)25/h6-12,14H,1-5H3,(H,22,23)(H2,21,24,25)/t14-/m1/s1. The third kappa shape index (κ3) is 5.82. The minimum atomic E-state index is -3.74. The SMILES string of the molecule is Cc1ccc(C(C)(C)C)cc1S[C@H](C)C(=O)Nc1ccc(S(N)(=O)=O)cc1. The number of nitrogens with two attached hydrogens (primary N) is 1. The highest BCUT2D eigenvalue weighted by Gasteiger charge is 2.19. The van der Waals surface area contributed by atoms with Crippen LogP contribution in [0.1, 0.15) is 38.8 Å². The monoisotopic (exact) mass is 406 g/mol. The largest absolute Gasteiger partial charge is 0.325 e. The third-order valence-electron chi connectivity index (χ3n) is 4.18. The molecule has 0 unspecified atom stereocenters. The van der Waals surface area contributed by atoms with Gasteiger partial charge in [-0.15, -0.1) is 11.8 Å². The van der Waals surface area contributed by atoms with Gasteiger partial charge in [-0.1, -0.05) is 32.9 Å². The summed E-state index contributed by atoms with van der Waals surface area (Å²) in [6.07, 6.45) is 0. The smallest absolute Gasteiger partial charge is 0.238 e. The maximum absolute atomic E-state index is 12.5. The molecule has 1 amide bonds. The normalized spacial score (nSPS) is 13.3. The highest BCUT2D eigenvalue weighted by atomic mass is 32.2. The molecule has 5 nitrogen and oxygen atoms in total. The molecule has 0 radical (unpaired) electrons. The highest BCUT2D eigenvalue weighted by Crippen LogP contribution is 2.32. The molecule has 0 aliphatic carbocycles. The van der Waals surface area contributed by atoms with Crippen LogP contribution in [0.15, 0.2) is 52.3 Å². The molecule has 146 valence electrons. The number of carbonyl (C=O) groups is 1. The summed E-state index contributed by atoms with van der Waals surface area (Å²) in [5, 5.41) is 7.58. The van der Waals surface area contributed by atoms with Crippen molar-refractivity contribution in [3.8, 4) is 0 Å². The van der Waals surface area contributed by atoms with Gasteiger partial charge in [0.05, 0.1) is 10.1 Å². The fourth-order valence-electron chi connectivity index (χ4n) is 2.41. The summed E-state index contributed by atoms with van der Waals surface area (Å²) in [5.41, 5.74) is 2.92. The van der Waals surface area contributed by atoms with E-state index < -0.39 is 10.0 Å². The minimum Gasteiger partial charge on any atom is -0.325 e. The maximum atomic E-state index is 12.5. The first-order valence-electron chi connectivity index (χ1n) is 8.59. The lowest BCUT2D eigenvalue weighted by atomic mass is 9.87. The highest BCUT2D eigenvalue weighted by molar-refractivity contribution is 8.00. The molecule has 27 heavy (non-hydrogen) atoms. The Labute approximate surface area is 165 Å². The van der Waals surface area contributed by atoms with Gasteiger partial charge in [0.15, 0.2) is 0 Å². The lowest BCUT2D eigenvalue weighted by Crippen LogP contribution is -2.22. The van der Waals surface area contributed by atoms with Crippen LogP contribution in [-0.2, 0) is 20.2 Å². The number of aryl methyl sites for hydroxylation is 1. The second kappa shape index (κ2) is 8.04. The molecule has 2 aromatic rings. The van der Waals surface area contributed by atoms with Crippen LogP contribution in [0.5, 0.6) is 0 Å². The predicted octanol–water partition coefficient (Wildman–Crippen LogP) is 4.06. The van der Waals surface area contributed by atoms with E-state index in [0.717, 1.165) is 10.5 Å². The Bertz CT molecular complexity index is 931. The second-order valence-electron chi connectivity index (χ2n) is 7.55. The van der Waals surface area contributed by atoms with E-state index in [9.17, 15) is 13.2 Å². The number of thioether (sulfide) groups is 1. The van der Waals surface area contributed by atoms with E-state index >= 15 is 0 Å². The molecule has 0 bridgehead atoms.